The maximum Gasteiger partial charge on any atom is 0.0115 e. The summed E-state index contributed by atoms with van der Waals surface area (Å²) in [7, 11) is 2.31. The molecule has 0 saturated heterocycles. The van der Waals surface area contributed by atoms with E-state index in [9.17, 15) is 0 Å². The zero-order valence-electron chi connectivity index (χ0n) is 12.7. The highest BCUT2D eigenvalue weighted by Gasteiger charge is 2.33. The summed E-state index contributed by atoms with van der Waals surface area (Å²) < 4.78 is 0. The summed E-state index contributed by atoms with van der Waals surface area (Å²) in [5, 5.41) is 3.67. The third-order valence-corrected chi connectivity index (χ3v) is 4.53. The standard InChI is InChI=1S/C15H32N2/c1-7-10-16-13-8-9-14(11-13)17(6)12(2)15(3,4)5/h12-14,16H,7-11H2,1-6H3. The van der Waals surface area contributed by atoms with Gasteiger partial charge in [-0.05, 0) is 51.6 Å². The smallest absolute Gasteiger partial charge is 0.0115 e. The maximum atomic E-state index is 3.67. The minimum Gasteiger partial charge on any atom is -0.314 e. The van der Waals surface area contributed by atoms with Crippen LogP contribution in [-0.2, 0) is 0 Å². The van der Waals surface area contributed by atoms with Crippen LogP contribution in [0.3, 0.4) is 0 Å². The summed E-state index contributed by atoms with van der Waals surface area (Å²) in [5.74, 6) is 0. The second-order valence-electron chi connectivity index (χ2n) is 6.83. The summed E-state index contributed by atoms with van der Waals surface area (Å²) in [5.41, 5.74) is 0.379. The number of hydrogen-bond acceptors (Lipinski definition) is 2. The molecule has 1 aliphatic rings. The molecule has 3 unspecified atom stereocenters. The van der Waals surface area contributed by atoms with Gasteiger partial charge in [0.15, 0.2) is 0 Å². The molecule has 1 rings (SSSR count). The quantitative estimate of drug-likeness (QED) is 0.793. The van der Waals surface area contributed by atoms with Crippen molar-refractivity contribution in [2.24, 2.45) is 5.41 Å². The van der Waals surface area contributed by atoms with E-state index in [0.717, 1.165) is 12.1 Å². The average molecular weight is 240 g/mol. The Hall–Kier alpha value is -0.0800. The zero-order chi connectivity index (χ0) is 13.1. The normalized spacial score (nSPS) is 27.7. The van der Waals surface area contributed by atoms with E-state index in [2.05, 4.69) is 51.9 Å². The fourth-order valence-electron chi connectivity index (χ4n) is 2.79. The van der Waals surface area contributed by atoms with Crippen LogP contribution in [0.25, 0.3) is 0 Å². The summed E-state index contributed by atoms with van der Waals surface area (Å²) in [6.45, 7) is 12.8. The van der Waals surface area contributed by atoms with Gasteiger partial charge < -0.3 is 10.2 Å². The molecule has 0 spiro atoms. The largest absolute Gasteiger partial charge is 0.314 e. The van der Waals surface area contributed by atoms with Crippen LogP contribution in [-0.4, -0.2) is 36.6 Å². The Balaban J connectivity index is 2.42. The lowest BCUT2D eigenvalue weighted by molar-refractivity contribution is 0.0983. The Morgan fingerprint density at radius 1 is 1.29 bits per heavy atom. The van der Waals surface area contributed by atoms with Gasteiger partial charge in [0.05, 0.1) is 0 Å². The molecule has 0 aliphatic heterocycles. The van der Waals surface area contributed by atoms with Crippen molar-refractivity contribution in [1.29, 1.82) is 0 Å². The first kappa shape index (κ1) is 15.0. The average Bonchev–Trinajstić information content (AvgIpc) is 2.71. The highest BCUT2D eigenvalue weighted by atomic mass is 15.2. The second kappa shape index (κ2) is 6.19. The lowest BCUT2D eigenvalue weighted by Gasteiger charge is -2.39. The van der Waals surface area contributed by atoms with Crippen molar-refractivity contribution in [3.05, 3.63) is 0 Å². The molecule has 0 heterocycles. The Morgan fingerprint density at radius 3 is 2.47 bits per heavy atom. The maximum absolute atomic E-state index is 3.67. The SMILES string of the molecule is CCCNC1CCC(N(C)C(C)C(C)(C)C)C1. The molecule has 1 saturated carbocycles. The minimum absolute atomic E-state index is 0.379. The van der Waals surface area contributed by atoms with Crippen molar-refractivity contribution in [2.45, 2.75) is 78.4 Å². The monoisotopic (exact) mass is 240 g/mol. The molecule has 1 aliphatic carbocycles. The van der Waals surface area contributed by atoms with Crippen LogP contribution in [0, 0.1) is 5.41 Å². The summed E-state index contributed by atoms with van der Waals surface area (Å²) in [6, 6.07) is 2.19. The predicted molar refractivity (Wildman–Crippen MR) is 76.4 cm³/mol. The first-order chi connectivity index (χ1) is 7.86. The molecule has 1 fully saturated rings. The first-order valence-electron chi connectivity index (χ1n) is 7.31. The zero-order valence-corrected chi connectivity index (χ0v) is 12.7. The molecule has 1 N–H and O–H groups in total. The third kappa shape index (κ3) is 4.26. The van der Waals surface area contributed by atoms with E-state index < -0.39 is 0 Å². The lowest BCUT2D eigenvalue weighted by Crippen LogP contribution is -2.45. The summed E-state index contributed by atoms with van der Waals surface area (Å²) >= 11 is 0. The van der Waals surface area contributed by atoms with Gasteiger partial charge in [0.25, 0.3) is 0 Å². The van der Waals surface area contributed by atoms with E-state index >= 15 is 0 Å². The van der Waals surface area contributed by atoms with E-state index in [1.807, 2.05) is 0 Å². The Kier molecular flexibility index (Phi) is 5.46. The molecule has 0 amide bonds. The van der Waals surface area contributed by atoms with Gasteiger partial charge in [-0.15, -0.1) is 0 Å². The van der Waals surface area contributed by atoms with Crippen LogP contribution in [0.1, 0.15) is 60.3 Å². The molecule has 2 nitrogen and oxygen atoms in total. The highest BCUT2D eigenvalue weighted by Crippen LogP contribution is 2.30. The molecule has 0 bridgehead atoms. The Morgan fingerprint density at radius 2 is 1.94 bits per heavy atom. The van der Waals surface area contributed by atoms with Crippen molar-refractivity contribution >= 4 is 0 Å². The van der Waals surface area contributed by atoms with Gasteiger partial charge in [-0.1, -0.05) is 27.7 Å². The molecule has 0 aromatic carbocycles. The van der Waals surface area contributed by atoms with Crippen LogP contribution >= 0.6 is 0 Å². The Labute approximate surface area is 108 Å². The van der Waals surface area contributed by atoms with Crippen LogP contribution in [0.15, 0.2) is 0 Å². The fourth-order valence-corrected chi connectivity index (χ4v) is 2.79. The van der Waals surface area contributed by atoms with Gasteiger partial charge in [-0.25, -0.2) is 0 Å². The molecule has 0 aromatic heterocycles. The predicted octanol–water partition coefficient (Wildman–Crippen LogP) is 3.27. The van der Waals surface area contributed by atoms with Crippen molar-refractivity contribution in [3.63, 3.8) is 0 Å². The van der Waals surface area contributed by atoms with E-state index in [0.29, 0.717) is 11.5 Å². The number of nitrogens with one attached hydrogen (secondary N) is 1. The van der Waals surface area contributed by atoms with Crippen LogP contribution in [0.5, 0.6) is 0 Å². The van der Waals surface area contributed by atoms with Crippen molar-refractivity contribution in [2.75, 3.05) is 13.6 Å². The Bertz CT molecular complexity index is 219. The van der Waals surface area contributed by atoms with Crippen molar-refractivity contribution in [3.8, 4) is 0 Å². The molecule has 3 atom stereocenters. The second-order valence-corrected chi connectivity index (χ2v) is 6.83. The molecule has 0 aromatic rings. The molecular weight excluding hydrogens is 208 g/mol. The topological polar surface area (TPSA) is 15.3 Å². The summed E-state index contributed by atoms with van der Waals surface area (Å²) in [4.78, 5) is 2.60. The highest BCUT2D eigenvalue weighted by molar-refractivity contribution is 4.89. The number of rotatable bonds is 5. The number of hydrogen-bond donors (Lipinski definition) is 1. The molecule has 2 heteroatoms. The molecular formula is C15H32N2. The van der Waals surface area contributed by atoms with Crippen molar-refractivity contribution < 1.29 is 0 Å². The summed E-state index contributed by atoms with van der Waals surface area (Å²) in [6.07, 6.45) is 5.29. The van der Waals surface area contributed by atoms with Crippen LogP contribution in [0.4, 0.5) is 0 Å². The van der Waals surface area contributed by atoms with E-state index in [1.54, 1.807) is 0 Å². The fraction of sp³-hybridized carbons (Fsp3) is 1.00. The van der Waals surface area contributed by atoms with Crippen LogP contribution < -0.4 is 5.32 Å². The first-order valence-corrected chi connectivity index (χ1v) is 7.31. The van der Waals surface area contributed by atoms with Gasteiger partial charge in [-0.3, -0.25) is 0 Å². The van der Waals surface area contributed by atoms with Crippen molar-refractivity contribution in [1.82, 2.24) is 10.2 Å². The van der Waals surface area contributed by atoms with E-state index in [1.165, 1.54) is 32.2 Å². The van der Waals surface area contributed by atoms with Gasteiger partial charge >= 0.3 is 0 Å². The van der Waals surface area contributed by atoms with E-state index in [-0.39, 0.29) is 0 Å². The minimum atomic E-state index is 0.379. The number of nitrogens with zero attached hydrogens (tertiary/aromatic N) is 1. The van der Waals surface area contributed by atoms with Gasteiger partial charge in [-0.2, -0.15) is 0 Å². The molecule has 17 heavy (non-hydrogen) atoms. The molecule has 0 radical (unpaired) electrons. The van der Waals surface area contributed by atoms with Gasteiger partial charge in [0, 0.05) is 18.1 Å². The van der Waals surface area contributed by atoms with Gasteiger partial charge in [0.2, 0.25) is 0 Å². The van der Waals surface area contributed by atoms with E-state index in [4.69, 9.17) is 0 Å². The van der Waals surface area contributed by atoms with Crippen LogP contribution in [0.2, 0.25) is 0 Å². The molecule has 102 valence electrons. The third-order valence-electron chi connectivity index (χ3n) is 4.53. The van der Waals surface area contributed by atoms with Gasteiger partial charge in [0.1, 0.15) is 0 Å². The lowest BCUT2D eigenvalue weighted by atomic mass is 9.86.